The molecule has 2 aliphatic heterocycles. The van der Waals surface area contributed by atoms with E-state index in [-0.39, 0.29) is 24.2 Å². The van der Waals surface area contributed by atoms with Crippen LogP contribution in [0.25, 0.3) is 0 Å². The third-order valence-electron chi connectivity index (χ3n) is 6.10. The Balaban J connectivity index is 1.47. The molecule has 1 atom stereocenters. The number of amides is 1. The molecule has 33 heavy (non-hydrogen) atoms. The van der Waals surface area contributed by atoms with Crippen LogP contribution in [0, 0.1) is 0 Å². The van der Waals surface area contributed by atoms with Gasteiger partial charge in [0.15, 0.2) is 0 Å². The Morgan fingerprint density at radius 1 is 1.33 bits per heavy atom. The Bertz CT molecular complexity index is 1010. The fraction of sp³-hybridized carbons (Fsp3) is 0.478. The Hall–Kier alpha value is -3.24. The molecule has 0 saturated carbocycles. The van der Waals surface area contributed by atoms with E-state index in [0.29, 0.717) is 41.6 Å². The molecule has 2 aliphatic rings. The molecular weight excluding hydrogens is 424 g/mol. The van der Waals surface area contributed by atoms with Crippen molar-refractivity contribution >= 4 is 23.1 Å². The molecule has 1 spiro atoms. The summed E-state index contributed by atoms with van der Waals surface area (Å²) < 4.78 is 16.9. The molecular formula is C23H31N6O4+. The lowest BCUT2D eigenvalue weighted by Gasteiger charge is -2.43. The monoisotopic (exact) mass is 455 g/mol. The first-order valence-electron chi connectivity index (χ1n) is 11.0. The standard InChI is InChI=1S/C23H30N6O4/c1-15(11-31-2)33-16-3-4-18(24)17(9-16)22(25)19-10-20(28-14-27-19)29-7-5-23(6-8-29)13-26-21(30)12-32-23/h3-4,9-10,14-15,25H,5-8,11-13,24H2,1-2H3,(H,26,30)/p+1/t15-/m0/s1. The predicted octanol–water partition coefficient (Wildman–Crippen LogP) is -0.446. The Morgan fingerprint density at radius 2 is 2.12 bits per heavy atom. The number of rotatable bonds is 7. The van der Waals surface area contributed by atoms with Crippen molar-refractivity contribution in [2.45, 2.75) is 31.5 Å². The Morgan fingerprint density at radius 3 is 2.82 bits per heavy atom. The fourth-order valence-corrected chi connectivity index (χ4v) is 4.19. The fourth-order valence-electron chi connectivity index (χ4n) is 4.19. The van der Waals surface area contributed by atoms with Crippen LogP contribution in [0.2, 0.25) is 0 Å². The third kappa shape index (κ3) is 5.23. The van der Waals surface area contributed by atoms with E-state index in [9.17, 15) is 4.79 Å². The van der Waals surface area contributed by atoms with Crippen molar-refractivity contribution in [3.05, 3.63) is 41.9 Å². The topological polar surface area (TPSA) is 137 Å². The van der Waals surface area contributed by atoms with Crippen molar-refractivity contribution in [2.75, 3.05) is 50.6 Å². The van der Waals surface area contributed by atoms with Crippen molar-refractivity contribution in [3.8, 4) is 5.75 Å². The maximum absolute atomic E-state index is 11.4. The summed E-state index contributed by atoms with van der Waals surface area (Å²) in [5.74, 6) is 1.38. The van der Waals surface area contributed by atoms with Crippen LogP contribution in [-0.4, -0.2) is 73.2 Å². The molecule has 10 nitrogen and oxygen atoms in total. The van der Waals surface area contributed by atoms with Gasteiger partial charge in [-0.15, -0.1) is 0 Å². The summed E-state index contributed by atoms with van der Waals surface area (Å²) in [6.07, 6.45) is 3.01. The summed E-state index contributed by atoms with van der Waals surface area (Å²) in [7, 11) is 1.63. The van der Waals surface area contributed by atoms with Crippen molar-refractivity contribution < 1.29 is 24.4 Å². The van der Waals surface area contributed by atoms with E-state index in [4.69, 9.17) is 25.4 Å². The minimum atomic E-state index is -0.291. The van der Waals surface area contributed by atoms with Crippen LogP contribution in [0.1, 0.15) is 31.0 Å². The zero-order valence-electron chi connectivity index (χ0n) is 19.0. The lowest BCUT2D eigenvalue weighted by molar-refractivity contribution is -0.146. The molecule has 176 valence electrons. The minimum absolute atomic E-state index is 0.0589. The number of nitrogen functional groups attached to an aromatic ring is 1. The highest BCUT2D eigenvalue weighted by atomic mass is 16.5. The summed E-state index contributed by atoms with van der Waals surface area (Å²) in [6.45, 7) is 4.60. The number of ether oxygens (including phenoxy) is 3. The van der Waals surface area contributed by atoms with Crippen molar-refractivity contribution in [2.24, 2.45) is 0 Å². The zero-order chi connectivity index (χ0) is 23.4. The number of methoxy groups -OCH3 is 1. The van der Waals surface area contributed by atoms with Gasteiger partial charge in [-0.3, -0.25) is 10.2 Å². The van der Waals surface area contributed by atoms with Crippen LogP contribution < -0.4 is 26.1 Å². The van der Waals surface area contributed by atoms with E-state index in [1.807, 2.05) is 25.1 Å². The average Bonchev–Trinajstić information content (AvgIpc) is 2.83. The van der Waals surface area contributed by atoms with Gasteiger partial charge in [-0.1, -0.05) is 0 Å². The first kappa shape index (κ1) is 22.9. The normalized spacial score (nSPS) is 18.6. The summed E-state index contributed by atoms with van der Waals surface area (Å²) in [4.78, 5) is 22.4. The second kappa shape index (κ2) is 9.72. The summed E-state index contributed by atoms with van der Waals surface area (Å²) in [5.41, 5.74) is 8.16. The second-order valence-corrected chi connectivity index (χ2v) is 8.54. The van der Waals surface area contributed by atoms with E-state index in [2.05, 4.69) is 20.2 Å². The van der Waals surface area contributed by atoms with E-state index >= 15 is 0 Å². The Labute approximate surface area is 192 Å². The van der Waals surface area contributed by atoms with Crippen LogP contribution in [0.4, 0.5) is 11.5 Å². The molecule has 0 aliphatic carbocycles. The average molecular weight is 456 g/mol. The highest BCUT2D eigenvalue weighted by molar-refractivity contribution is 6.11. The Kier molecular flexibility index (Phi) is 6.75. The third-order valence-corrected chi connectivity index (χ3v) is 6.10. The largest absolute Gasteiger partial charge is 0.488 e. The number of hydrogen-bond acceptors (Lipinski definition) is 8. The molecule has 1 aromatic heterocycles. The quantitative estimate of drug-likeness (QED) is 0.377. The van der Waals surface area contributed by atoms with Gasteiger partial charge in [-0.05, 0) is 38.0 Å². The van der Waals surface area contributed by atoms with Gasteiger partial charge in [0.05, 0.1) is 17.8 Å². The van der Waals surface area contributed by atoms with Gasteiger partial charge in [0.1, 0.15) is 36.3 Å². The van der Waals surface area contributed by atoms with E-state index < -0.39 is 0 Å². The van der Waals surface area contributed by atoms with Gasteiger partial charge in [0.2, 0.25) is 11.6 Å². The van der Waals surface area contributed by atoms with Crippen LogP contribution >= 0.6 is 0 Å². The van der Waals surface area contributed by atoms with Gasteiger partial charge in [0.25, 0.3) is 0 Å². The molecule has 3 heterocycles. The predicted molar refractivity (Wildman–Crippen MR) is 123 cm³/mol. The van der Waals surface area contributed by atoms with Crippen LogP contribution in [0.15, 0.2) is 30.6 Å². The number of carbonyl (C=O) groups excluding carboxylic acids is 1. The lowest BCUT2D eigenvalue weighted by atomic mass is 9.90. The van der Waals surface area contributed by atoms with Crippen molar-refractivity contribution in [1.29, 1.82) is 0 Å². The number of morpholine rings is 1. The number of nitrogens with two attached hydrogens (primary N) is 2. The van der Waals surface area contributed by atoms with Gasteiger partial charge in [-0.2, -0.15) is 0 Å². The van der Waals surface area contributed by atoms with Gasteiger partial charge < -0.3 is 30.2 Å². The molecule has 4 rings (SSSR count). The number of benzene rings is 1. The minimum Gasteiger partial charge on any atom is -0.488 e. The number of nitrogens with zero attached hydrogens (tertiary/aromatic N) is 3. The number of piperidine rings is 1. The van der Waals surface area contributed by atoms with Crippen molar-refractivity contribution in [3.63, 3.8) is 0 Å². The van der Waals surface area contributed by atoms with E-state index in [1.165, 1.54) is 6.33 Å². The number of carbonyl (C=O) groups is 1. The number of anilines is 2. The summed E-state index contributed by atoms with van der Waals surface area (Å²) in [5, 5.41) is 9.40. The number of aromatic nitrogens is 2. The molecule has 2 fully saturated rings. The van der Waals surface area contributed by atoms with Gasteiger partial charge in [0, 0.05) is 38.5 Å². The SMILES string of the molecule is COC[C@H](C)Oc1ccc(N)c(C(=[NH2+])c2cc(N3CCC4(CC3)CNC(=O)CO4)ncn2)c1. The molecule has 1 amide bonds. The molecule has 0 unspecified atom stereocenters. The molecule has 0 bridgehead atoms. The zero-order valence-corrected chi connectivity index (χ0v) is 19.0. The summed E-state index contributed by atoms with van der Waals surface area (Å²) in [6, 6.07) is 7.27. The van der Waals surface area contributed by atoms with Gasteiger partial charge >= 0.3 is 0 Å². The highest BCUT2D eigenvalue weighted by Gasteiger charge is 2.39. The molecule has 10 heteroatoms. The first-order valence-corrected chi connectivity index (χ1v) is 11.0. The van der Waals surface area contributed by atoms with E-state index in [1.54, 1.807) is 13.2 Å². The molecule has 2 aromatic rings. The molecule has 1 aromatic carbocycles. The number of hydrogen-bond donors (Lipinski definition) is 3. The van der Waals surface area contributed by atoms with Crippen molar-refractivity contribution in [1.82, 2.24) is 15.3 Å². The van der Waals surface area contributed by atoms with Crippen LogP contribution in [0.5, 0.6) is 5.75 Å². The van der Waals surface area contributed by atoms with Crippen LogP contribution in [0.3, 0.4) is 0 Å². The van der Waals surface area contributed by atoms with Crippen LogP contribution in [-0.2, 0) is 14.3 Å². The first-order chi connectivity index (χ1) is 15.9. The molecule has 2 saturated heterocycles. The molecule has 5 N–H and O–H groups in total. The lowest BCUT2D eigenvalue weighted by Crippen LogP contribution is -2.57. The second-order valence-electron chi connectivity index (χ2n) is 8.54. The highest BCUT2D eigenvalue weighted by Crippen LogP contribution is 2.30. The maximum atomic E-state index is 11.4. The molecule has 0 radical (unpaired) electrons. The van der Waals surface area contributed by atoms with Gasteiger partial charge in [-0.25, -0.2) is 9.97 Å². The van der Waals surface area contributed by atoms with E-state index in [0.717, 1.165) is 31.7 Å². The summed E-state index contributed by atoms with van der Waals surface area (Å²) >= 11 is 0. The maximum Gasteiger partial charge on any atom is 0.246 e. The number of nitrogens with one attached hydrogen (secondary N) is 1. The smallest absolute Gasteiger partial charge is 0.246 e.